The molecule has 1 aromatic heterocycles. The summed E-state index contributed by atoms with van der Waals surface area (Å²) in [5, 5.41) is 10.4. The number of aromatic nitrogens is 2. The number of benzene rings is 1. The van der Waals surface area contributed by atoms with Gasteiger partial charge in [0, 0.05) is 11.1 Å². The zero-order valence-electron chi connectivity index (χ0n) is 12.7. The molecule has 7 nitrogen and oxygen atoms in total. The largest absolute Gasteiger partial charge is 0.296 e. The van der Waals surface area contributed by atoms with Crippen LogP contribution in [0.4, 0.5) is 5.13 Å². The van der Waals surface area contributed by atoms with Crippen molar-refractivity contribution in [3.05, 3.63) is 33.8 Å². The average molecular weight is 409 g/mol. The number of rotatable bonds is 6. The third kappa shape index (κ3) is 4.64. The molecule has 0 bridgehead atoms. The van der Waals surface area contributed by atoms with Gasteiger partial charge in [0.25, 0.3) is 15.9 Å². The smallest absolute Gasteiger partial charge is 0.270 e. The second-order valence-corrected chi connectivity index (χ2v) is 8.59. The zero-order valence-corrected chi connectivity index (χ0v) is 15.9. The van der Waals surface area contributed by atoms with E-state index in [0.29, 0.717) is 11.4 Å². The number of hydrogen-bond donors (Lipinski definition) is 2. The van der Waals surface area contributed by atoms with Gasteiger partial charge in [-0.25, -0.2) is 13.1 Å². The van der Waals surface area contributed by atoms with Gasteiger partial charge in [0.05, 0.1) is 10.6 Å². The van der Waals surface area contributed by atoms with Crippen LogP contribution in [0.3, 0.4) is 0 Å². The molecular formula is C13H14Cl2N4O3S2. The molecule has 0 aliphatic rings. The minimum absolute atomic E-state index is 0.0514. The zero-order chi connectivity index (χ0) is 17.9. The molecule has 11 heteroatoms. The molecule has 0 fully saturated rings. The lowest BCUT2D eigenvalue weighted by atomic mass is 10.2. The van der Waals surface area contributed by atoms with Crippen LogP contribution in [0.2, 0.25) is 10.0 Å². The molecule has 0 radical (unpaired) electrons. The predicted molar refractivity (Wildman–Crippen MR) is 94.4 cm³/mol. The Morgan fingerprint density at radius 1 is 1.33 bits per heavy atom. The summed E-state index contributed by atoms with van der Waals surface area (Å²) in [6, 6.07) is 4.19. The summed E-state index contributed by atoms with van der Waals surface area (Å²) in [5.41, 5.74) is 0.193. The van der Waals surface area contributed by atoms with E-state index in [1.165, 1.54) is 18.2 Å². The minimum atomic E-state index is -3.76. The van der Waals surface area contributed by atoms with Crippen LogP contribution in [0.1, 0.15) is 30.6 Å². The van der Waals surface area contributed by atoms with Gasteiger partial charge >= 0.3 is 0 Å². The van der Waals surface area contributed by atoms with Gasteiger partial charge in [0.2, 0.25) is 9.47 Å². The first-order valence-corrected chi connectivity index (χ1v) is 9.90. The molecule has 1 atom stereocenters. The van der Waals surface area contributed by atoms with E-state index in [0.717, 1.165) is 11.3 Å². The molecule has 1 aromatic carbocycles. The SMILES string of the molecule is CC[C@H](C)NS(=O)(=O)c1nnc(NC(=O)c2ccc(Cl)cc2Cl)s1. The highest BCUT2D eigenvalue weighted by atomic mass is 35.5. The maximum atomic E-state index is 12.2. The molecule has 0 spiro atoms. The van der Waals surface area contributed by atoms with Crippen LogP contribution in [-0.2, 0) is 10.0 Å². The van der Waals surface area contributed by atoms with Crippen LogP contribution in [-0.4, -0.2) is 30.6 Å². The molecular weight excluding hydrogens is 395 g/mol. The van der Waals surface area contributed by atoms with Gasteiger partial charge < -0.3 is 0 Å². The Kier molecular flexibility index (Phi) is 6.16. The topological polar surface area (TPSA) is 101 Å². The Morgan fingerprint density at radius 3 is 2.67 bits per heavy atom. The van der Waals surface area contributed by atoms with Gasteiger partial charge in [-0.15, -0.1) is 10.2 Å². The van der Waals surface area contributed by atoms with E-state index in [2.05, 4.69) is 20.2 Å². The molecule has 1 amide bonds. The van der Waals surface area contributed by atoms with E-state index in [1.54, 1.807) is 6.92 Å². The molecule has 2 N–H and O–H groups in total. The van der Waals surface area contributed by atoms with E-state index in [4.69, 9.17) is 23.2 Å². The molecule has 2 rings (SSSR count). The summed E-state index contributed by atoms with van der Waals surface area (Å²) in [6.07, 6.45) is 0.636. The first-order chi connectivity index (χ1) is 11.2. The van der Waals surface area contributed by atoms with Crippen molar-refractivity contribution < 1.29 is 13.2 Å². The fourth-order valence-electron chi connectivity index (χ4n) is 1.61. The van der Waals surface area contributed by atoms with Gasteiger partial charge in [0.15, 0.2) is 0 Å². The van der Waals surface area contributed by atoms with Gasteiger partial charge in [-0.05, 0) is 31.5 Å². The fourth-order valence-corrected chi connectivity index (χ4v) is 4.34. The third-order valence-electron chi connectivity index (χ3n) is 3.00. The van der Waals surface area contributed by atoms with Gasteiger partial charge in [-0.2, -0.15) is 0 Å². The van der Waals surface area contributed by atoms with Crippen LogP contribution in [0.5, 0.6) is 0 Å². The molecule has 0 saturated heterocycles. The highest BCUT2D eigenvalue weighted by Gasteiger charge is 2.23. The quantitative estimate of drug-likeness (QED) is 0.714. The van der Waals surface area contributed by atoms with E-state index < -0.39 is 15.9 Å². The Labute approximate surface area is 153 Å². The molecule has 130 valence electrons. The maximum absolute atomic E-state index is 12.2. The van der Waals surface area contributed by atoms with Crippen molar-refractivity contribution in [1.82, 2.24) is 14.9 Å². The molecule has 24 heavy (non-hydrogen) atoms. The molecule has 2 aromatic rings. The monoisotopic (exact) mass is 408 g/mol. The van der Waals surface area contributed by atoms with E-state index in [9.17, 15) is 13.2 Å². The number of nitrogens with zero attached hydrogens (tertiary/aromatic N) is 2. The number of hydrogen-bond acceptors (Lipinski definition) is 6. The lowest BCUT2D eigenvalue weighted by Crippen LogP contribution is -2.31. The number of carbonyl (C=O) groups excluding carboxylic acids is 1. The summed E-state index contributed by atoms with van der Waals surface area (Å²) in [6.45, 7) is 3.60. The van der Waals surface area contributed by atoms with Crippen LogP contribution in [0.15, 0.2) is 22.5 Å². The summed E-state index contributed by atoms with van der Waals surface area (Å²) < 4.78 is 26.5. The summed E-state index contributed by atoms with van der Waals surface area (Å²) in [4.78, 5) is 12.2. The lowest BCUT2D eigenvalue weighted by molar-refractivity contribution is 0.102. The number of nitrogens with one attached hydrogen (secondary N) is 2. The molecule has 0 unspecified atom stereocenters. The van der Waals surface area contributed by atoms with E-state index >= 15 is 0 Å². The van der Waals surface area contributed by atoms with Crippen LogP contribution in [0.25, 0.3) is 0 Å². The van der Waals surface area contributed by atoms with Crippen molar-refractivity contribution in [3.8, 4) is 0 Å². The van der Waals surface area contributed by atoms with Crippen molar-refractivity contribution in [3.63, 3.8) is 0 Å². The van der Waals surface area contributed by atoms with E-state index in [-0.39, 0.29) is 26.1 Å². The fraction of sp³-hybridized carbons (Fsp3) is 0.308. The Bertz CT molecular complexity index is 855. The second-order valence-electron chi connectivity index (χ2n) is 4.88. The molecule has 0 saturated carbocycles. The minimum Gasteiger partial charge on any atom is -0.296 e. The van der Waals surface area contributed by atoms with Crippen molar-refractivity contribution in [2.24, 2.45) is 0 Å². The standard InChI is InChI=1S/C13H14Cl2N4O3S2/c1-3-7(2)19-24(21,22)13-18-17-12(23-13)16-11(20)9-5-4-8(14)6-10(9)15/h4-7,19H,3H2,1-2H3,(H,16,17,20)/t7-/m0/s1. The lowest BCUT2D eigenvalue weighted by Gasteiger charge is -2.09. The third-order valence-corrected chi connectivity index (χ3v) is 6.34. The Morgan fingerprint density at radius 2 is 2.04 bits per heavy atom. The Balaban J connectivity index is 2.15. The van der Waals surface area contributed by atoms with Gasteiger partial charge in [-0.1, -0.05) is 41.5 Å². The maximum Gasteiger partial charge on any atom is 0.270 e. The van der Waals surface area contributed by atoms with Crippen LogP contribution in [0, 0.1) is 0 Å². The highest BCUT2D eigenvalue weighted by Crippen LogP contribution is 2.24. The predicted octanol–water partition coefficient (Wildman–Crippen LogP) is 3.17. The van der Waals surface area contributed by atoms with Gasteiger partial charge in [-0.3, -0.25) is 10.1 Å². The first-order valence-electron chi connectivity index (χ1n) is 6.85. The van der Waals surface area contributed by atoms with Crippen LogP contribution >= 0.6 is 34.5 Å². The van der Waals surface area contributed by atoms with Crippen molar-refractivity contribution >= 4 is 55.6 Å². The average Bonchev–Trinajstić information content (AvgIpc) is 2.95. The van der Waals surface area contributed by atoms with Crippen molar-refractivity contribution in [2.45, 2.75) is 30.6 Å². The first kappa shape index (κ1) is 19.1. The summed E-state index contributed by atoms with van der Waals surface area (Å²) >= 11 is 12.5. The van der Waals surface area contributed by atoms with Crippen LogP contribution < -0.4 is 10.0 Å². The van der Waals surface area contributed by atoms with Crippen molar-refractivity contribution in [2.75, 3.05) is 5.32 Å². The molecule has 0 aliphatic carbocycles. The summed E-state index contributed by atoms with van der Waals surface area (Å²) in [7, 11) is -3.76. The number of amides is 1. The highest BCUT2D eigenvalue weighted by molar-refractivity contribution is 7.91. The van der Waals surface area contributed by atoms with E-state index in [1.807, 2.05) is 6.92 Å². The van der Waals surface area contributed by atoms with Crippen molar-refractivity contribution in [1.29, 1.82) is 0 Å². The number of carbonyl (C=O) groups is 1. The molecule has 0 aliphatic heterocycles. The number of anilines is 1. The number of halogens is 2. The van der Waals surface area contributed by atoms with Gasteiger partial charge in [0.1, 0.15) is 0 Å². The second kappa shape index (κ2) is 7.75. The summed E-state index contributed by atoms with van der Waals surface area (Å²) in [5.74, 6) is -0.536. The number of sulfonamides is 1. The Hall–Kier alpha value is -1.26. The molecule has 1 heterocycles. The normalized spacial score (nSPS) is 12.8.